The maximum absolute atomic E-state index is 12.0. The molecule has 0 bridgehead atoms. The summed E-state index contributed by atoms with van der Waals surface area (Å²) in [6, 6.07) is 5.87. The van der Waals surface area contributed by atoms with Crippen molar-refractivity contribution in [3.63, 3.8) is 0 Å². The Hall–Kier alpha value is -1.93. The van der Waals surface area contributed by atoms with Crippen LogP contribution in [0.1, 0.15) is 5.56 Å². The van der Waals surface area contributed by atoms with Crippen LogP contribution in [0.25, 0.3) is 0 Å². The van der Waals surface area contributed by atoms with Crippen LogP contribution in [-0.2, 0) is 14.8 Å². The van der Waals surface area contributed by atoms with E-state index in [1.165, 1.54) is 6.07 Å². The number of carbonyl (C=O) groups is 1. The van der Waals surface area contributed by atoms with Gasteiger partial charge in [0, 0.05) is 25.2 Å². The minimum absolute atomic E-state index is 0.181. The van der Waals surface area contributed by atoms with Crippen LogP contribution in [-0.4, -0.2) is 55.9 Å². The van der Waals surface area contributed by atoms with Crippen molar-refractivity contribution in [2.24, 2.45) is 4.40 Å². The molecule has 0 radical (unpaired) electrons. The van der Waals surface area contributed by atoms with Gasteiger partial charge in [-0.2, -0.15) is 8.42 Å². The van der Waals surface area contributed by atoms with Crippen LogP contribution in [0.4, 0.5) is 0 Å². The van der Waals surface area contributed by atoms with Gasteiger partial charge in [0.05, 0.1) is 0 Å². The Balaban J connectivity index is 1.97. The molecule has 2 N–H and O–H groups in total. The van der Waals surface area contributed by atoms with Crippen LogP contribution < -0.4 is 5.32 Å². The number of benzene rings is 1. The third-order valence-electron chi connectivity index (χ3n) is 3.39. The van der Waals surface area contributed by atoms with Crippen molar-refractivity contribution in [2.75, 3.05) is 19.6 Å². The monoisotopic (exact) mass is 295 g/mol. The molecule has 2 aliphatic rings. The van der Waals surface area contributed by atoms with E-state index in [4.69, 9.17) is 5.11 Å². The van der Waals surface area contributed by atoms with Gasteiger partial charge < -0.3 is 15.3 Å². The standard InChI is InChI=1S/C12H13N3O4S/c16-12(17)9-7-15(6-5-13-9)11-8-3-1-2-4-10(8)20(18,19)14-11/h1-4,9,13H,5-7H2,(H,16,17). The first-order valence-corrected chi connectivity index (χ1v) is 7.58. The van der Waals surface area contributed by atoms with Crippen LogP contribution in [0.3, 0.4) is 0 Å². The number of carboxylic acids is 1. The third kappa shape index (κ3) is 2.06. The molecule has 1 saturated heterocycles. The average molecular weight is 295 g/mol. The lowest BCUT2D eigenvalue weighted by molar-refractivity contribution is -0.140. The number of carboxylic acid groups (broad SMARTS) is 1. The highest BCUT2D eigenvalue weighted by Crippen LogP contribution is 2.27. The second-order valence-electron chi connectivity index (χ2n) is 4.68. The van der Waals surface area contributed by atoms with E-state index in [1.54, 1.807) is 23.1 Å². The zero-order valence-electron chi connectivity index (χ0n) is 10.5. The molecule has 2 heterocycles. The lowest BCUT2D eigenvalue weighted by Gasteiger charge is -2.32. The topological polar surface area (TPSA) is 99.1 Å². The zero-order chi connectivity index (χ0) is 14.3. The fourth-order valence-corrected chi connectivity index (χ4v) is 3.65. The third-order valence-corrected chi connectivity index (χ3v) is 4.71. The molecule has 1 aromatic rings. The van der Waals surface area contributed by atoms with Crippen LogP contribution >= 0.6 is 0 Å². The zero-order valence-corrected chi connectivity index (χ0v) is 11.3. The number of fused-ring (bicyclic) bond motifs is 1. The van der Waals surface area contributed by atoms with Gasteiger partial charge in [-0.1, -0.05) is 12.1 Å². The van der Waals surface area contributed by atoms with E-state index in [0.29, 0.717) is 24.5 Å². The summed E-state index contributed by atoms with van der Waals surface area (Å²) in [5.74, 6) is -0.613. The Morgan fingerprint density at radius 2 is 2.15 bits per heavy atom. The number of nitrogens with one attached hydrogen (secondary N) is 1. The number of aliphatic carboxylic acids is 1. The molecular formula is C12H13N3O4S. The van der Waals surface area contributed by atoms with Crippen LogP contribution in [0.15, 0.2) is 33.6 Å². The highest BCUT2D eigenvalue weighted by atomic mass is 32.2. The van der Waals surface area contributed by atoms with Gasteiger partial charge in [0.25, 0.3) is 10.0 Å². The molecule has 7 nitrogen and oxygen atoms in total. The summed E-state index contributed by atoms with van der Waals surface area (Å²) in [6.45, 7) is 1.18. The second kappa shape index (κ2) is 4.57. The van der Waals surface area contributed by atoms with Gasteiger partial charge in [-0.05, 0) is 12.1 Å². The predicted molar refractivity (Wildman–Crippen MR) is 71.2 cm³/mol. The van der Waals surface area contributed by atoms with E-state index in [2.05, 4.69) is 9.71 Å². The fourth-order valence-electron chi connectivity index (χ4n) is 2.42. The van der Waals surface area contributed by atoms with Crippen LogP contribution in [0.5, 0.6) is 0 Å². The molecular weight excluding hydrogens is 282 g/mol. The first-order chi connectivity index (χ1) is 9.49. The molecule has 8 heteroatoms. The molecule has 3 rings (SSSR count). The summed E-state index contributed by atoms with van der Waals surface area (Å²) in [5.41, 5.74) is 0.540. The first-order valence-electron chi connectivity index (χ1n) is 6.14. The summed E-state index contributed by atoms with van der Waals surface area (Å²) in [5, 5.41) is 11.9. The number of nitrogens with zero attached hydrogens (tertiary/aromatic N) is 2. The number of hydrogen-bond acceptors (Lipinski definition) is 5. The van der Waals surface area contributed by atoms with Crippen molar-refractivity contribution in [3.05, 3.63) is 29.8 Å². The SMILES string of the molecule is O=C(O)C1CN(C2=NS(=O)(=O)c3ccccc32)CCN1. The Bertz CT molecular complexity index is 698. The van der Waals surface area contributed by atoms with E-state index in [-0.39, 0.29) is 11.4 Å². The number of sulfonamides is 1. The van der Waals surface area contributed by atoms with Crippen LogP contribution in [0.2, 0.25) is 0 Å². The Labute approximate surface area is 116 Å². The largest absolute Gasteiger partial charge is 0.480 e. The lowest BCUT2D eigenvalue weighted by atomic mass is 10.1. The van der Waals surface area contributed by atoms with Crippen molar-refractivity contribution in [3.8, 4) is 0 Å². The Kier molecular flexibility index (Phi) is 2.98. The minimum atomic E-state index is -3.66. The summed E-state index contributed by atoms with van der Waals surface area (Å²) in [4.78, 5) is 12.9. The minimum Gasteiger partial charge on any atom is -0.480 e. The van der Waals surface area contributed by atoms with Gasteiger partial charge in [0.15, 0.2) is 5.84 Å². The summed E-state index contributed by atoms with van der Waals surface area (Å²) in [7, 11) is -3.66. The van der Waals surface area contributed by atoms with Gasteiger partial charge in [0.2, 0.25) is 0 Å². The lowest BCUT2D eigenvalue weighted by Crippen LogP contribution is -2.55. The summed E-state index contributed by atoms with van der Waals surface area (Å²) >= 11 is 0. The Morgan fingerprint density at radius 3 is 2.90 bits per heavy atom. The summed E-state index contributed by atoms with van der Waals surface area (Å²) in [6.07, 6.45) is 0. The van der Waals surface area contributed by atoms with E-state index >= 15 is 0 Å². The van der Waals surface area contributed by atoms with E-state index in [9.17, 15) is 13.2 Å². The van der Waals surface area contributed by atoms with Crippen molar-refractivity contribution >= 4 is 21.8 Å². The number of rotatable bonds is 1. The molecule has 0 spiro atoms. The quantitative estimate of drug-likeness (QED) is 0.724. The van der Waals surface area contributed by atoms with Gasteiger partial charge in [-0.15, -0.1) is 4.40 Å². The average Bonchev–Trinajstić information content (AvgIpc) is 2.72. The normalized spacial score (nSPS) is 24.1. The molecule has 0 aliphatic carbocycles. The first kappa shape index (κ1) is 13.1. The Morgan fingerprint density at radius 1 is 1.40 bits per heavy atom. The summed E-state index contributed by atoms with van der Waals surface area (Å²) < 4.78 is 27.8. The highest BCUT2D eigenvalue weighted by Gasteiger charge is 2.34. The maximum Gasteiger partial charge on any atom is 0.322 e. The maximum atomic E-state index is 12.0. The van der Waals surface area contributed by atoms with Crippen molar-refractivity contribution < 1.29 is 18.3 Å². The molecule has 1 unspecified atom stereocenters. The van der Waals surface area contributed by atoms with Crippen LogP contribution in [0, 0.1) is 0 Å². The molecule has 0 aromatic heterocycles. The molecule has 106 valence electrons. The van der Waals surface area contributed by atoms with Gasteiger partial charge >= 0.3 is 5.97 Å². The highest BCUT2D eigenvalue weighted by molar-refractivity contribution is 7.90. The second-order valence-corrected chi connectivity index (χ2v) is 6.25. The predicted octanol–water partition coefficient (Wildman–Crippen LogP) is -0.506. The number of amidine groups is 1. The molecule has 1 fully saturated rings. The van der Waals surface area contributed by atoms with E-state index < -0.39 is 22.0 Å². The van der Waals surface area contributed by atoms with E-state index in [1.807, 2.05) is 0 Å². The molecule has 1 atom stereocenters. The number of hydrogen-bond donors (Lipinski definition) is 2. The molecule has 1 aromatic carbocycles. The smallest absolute Gasteiger partial charge is 0.322 e. The van der Waals surface area contributed by atoms with Gasteiger partial charge in [0.1, 0.15) is 10.9 Å². The molecule has 2 aliphatic heterocycles. The molecule has 20 heavy (non-hydrogen) atoms. The van der Waals surface area contributed by atoms with Crippen molar-refractivity contribution in [1.82, 2.24) is 10.2 Å². The van der Waals surface area contributed by atoms with Crippen molar-refractivity contribution in [1.29, 1.82) is 0 Å². The van der Waals surface area contributed by atoms with E-state index in [0.717, 1.165) is 0 Å². The van der Waals surface area contributed by atoms with Gasteiger partial charge in [-0.25, -0.2) is 0 Å². The molecule has 0 amide bonds. The molecule has 0 saturated carbocycles. The number of piperazine rings is 1. The van der Waals surface area contributed by atoms with Crippen molar-refractivity contribution in [2.45, 2.75) is 10.9 Å². The fraction of sp³-hybridized carbons (Fsp3) is 0.333. The van der Waals surface area contributed by atoms with Gasteiger partial charge in [-0.3, -0.25) is 4.79 Å².